The minimum Gasteiger partial charge on any atom is -0.394 e. The van der Waals surface area contributed by atoms with Crippen LogP contribution in [0.3, 0.4) is 0 Å². The number of nitrogens with two attached hydrogens (primary N) is 1. The van der Waals surface area contributed by atoms with E-state index in [0.29, 0.717) is 0 Å². The van der Waals surface area contributed by atoms with Gasteiger partial charge in [-0.05, 0) is 12.3 Å². The van der Waals surface area contributed by atoms with E-state index in [4.69, 9.17) is 10.5 Å². The highest BCUT2D eigenvalue weighted by Crippen LogP contribution is 2.30. The highest BCUT2D eigenvalue weighted by Gasteiger charge is 2.42. The fraction of sp³-hybridized carbons (Fsp3) is 1.00. The molecule has 0 bridgehead atoms. The highest BCUT2D eigenvalue weighted by atomic mass is 16.5. The molecule has 4 heteroatoms. The Kier molecular flexibility index (Phi) is 4.52. The van der Waals surface area contributed by atoms with Crippen LogP contribution in [0.15, 0.2) is 0 Å². The average Bonchev–Trinajstić information content (AvgIpc) is 2.21. The van der Waals surface area contributed by atoms with E-state index >= 15 is 0 Å². The summed E-state index contributed by atoms with van der Waals surface area (Å²) in [5, 5.41) is 19.3. The lowest BCUT2D eigenvalue weighted by Crippen LogP contribution is -2.60. The second-order valence-electron chi connectivity index (χ2n) is 4.71. The van der Waals surface area contributed by atoms with Gasteiger partial charge in [0.25, 0.3) is 0 Å². The second kappa shape index (κ2) is 5.25. The molecule has 1 rings (SSSR count). The summed E-state index contributed by atoms with van der Waals surface area (Å²) >= 11 is 0. The maximum atomic E-state index is 10.0. The van der Waals surface area contributed by atoms with Gasteiger partial charge in [-0.1, -0.05) is 20.8 Å². The van der Waals surface area contributed by atoms with Crippen molar-refractivity contribution in [1.82, 2.24) is 0 Å². The molecule has 0 aromatic rings. The summed E-state index contributed by atoms with van der Waals surface area (Å²) < 4.78 is 5.75. The van der Waals surface area contributed by atoms with Crippen molar-refractivity contribution in [3.05, 3.63) is 0 Å². The van der Waals surface area contributed by atoms with Crippen LogP contribution in [0.5, 0.6) is 0 Å². The second-order valence-corrected chi connectivity index (χ2v) is 4.71. The Labute approximate surface area is 91.4 Å². The zero-order valence-corrected chi connectivity index (χ0v) is 9.76. The third-order valence-corrected chi connectivity index (χ3v) is 3.33. The predicted molar refractivity (Wildman–Crippen MR) is 58.3 cm³/mol. The van der Waals surface area contributed by atoms with Crippen molar-refractivity contribution < 1.29 is 14.9 Å². The Morgan fingerprint density at radius 3 is 2.40 bits per heavy atom. The first-order valence-electron chi connectivity index (χ1n) is 5.72. The predicted octanol–water partition coefficient (Wildman–Crippen LogP) is 0.116. The zero-order chi connectivity index (χ0) is 11.6. The Morgan fingerprint density at radius 1 is 1.40 bits per heavy atom. The summed E-state index contributed by atoms with van der Waals surface area (Å²) in [6, 6.07) is -0.349. The van der Waals surface area contributed by atoms with Gasteiger partial charge in [0.1, 0.15) is 0 Å². The Hall–Kier alpha value is -0.160. The molecule has 0 spiro atoms. The van der Waals surface area contributed by atoms with Crippen LogP contribution in [0.1, 0.15) is 27.2 Å². The van der Waals surface area contributed by atoms with Crippen LogP contribution in [-0.4, -0.2) is 41.2 Å². The number of rotatable bonds is 3. The molecule has 0 amide bonds. The molecular formula is C11H23NO3. The Morgan fingerprint density at radius 2 is 2.00 bits per heavy atom. The first-order chi connectivity index (χ1) is 7.02. The third-order valence-electron chi connectivity index (χ3n) is 3.33. The van der Waals surface area contributed by atoms with Crippen molar-refractivity contribution in [2.75, 3.05) is 6.61 Å². The zero-order valence-electron chi connectivity index (χ0n) is 9.76. The smallest absolute Gasteiger partial charge is 0.0863 e. The molecule has 1 aliphatic heterocycles. The normalized spacial score (nSPS) is 42.2. The number of hydrogen-bond donors (Lipinski definition) is 3. The third kappa shape index (κ3) is 2.50. The maximum Gasteiger partial charge on any atom is 0.0863 e. The van der Waals surface area contributed by atoms with Gasteiger partial charge in [0, 0.05) is 5.92 Å². The van der Waals surface area contributed by atoms with Crippen molar-refractivity contribution in [1.29, 1.82) is 0 Å². The summed E-state index contributed by atoms with van der Waals surface area (Å²) in [4.78, 5) is 0. The Bertz CT molecular complexity index is 196. The van der Waals surface area contributed by atoms with Crippen molar-refractivity contribution in [3.8, 4) is 0 Å². The molecule has 90 valence electrons. The van der Waals surface area contributed by atoms with E-state index in [1.54, 1.807) is 0 Å². The maximum absolute atomic E-state index is 10.0. The standard InChI is InChI=1S/C11H23NO3/c1-4-7-8(5-13)15-11(6(2)3)9(12)10(7)14/h6-11,13-14H,4-5,12H2,1-3H3. The Balaban J connectivity index is 2.77. The number of aliphatic hydroxyl groups is 2. The number of ether oxygens (including phenoxy) is 1. The van der Waals surface area contributed by atoms with Gasteiger partial charge in [-0.25, -0.2) is 0 Å². The molecule has 5 unspecified atom stereocenters. The van der Waals surface area contributed by atoms with Crippen molar-refractivity contribution >= 4 is 0 Å². The molecule has 1 saturated heterocycles. The molecule has 1 heterocycles. The fourth-order valence-electron chi connectivity index (χ4n) is 2.38. The van der Waals surface area contributed by atoms with E-state index in [-0.39, 0.29) is 36.7 Å². The summed E-state index contributed by atoms with van der Waals surface area (Å²) in [5.74, 6) is 0.196. The molecule has 1 fully saturated rings. The molecule has 5 atom stereocenters. The van der Waals surface area contributed by atoms with Crippen LogP contribution >= 0.6 is 0 Å². The van der Waals surface area contributed by atoms with Gasteiger partial charge in [-0.2, -0.15) is 0 Å². The molecule has 0 saturated carbocycles. The summed E-state index contributed by atoms with van der Waals surface area (Å²) in [7, 11) is 0. The molecule has 1 aliphatic rings. The van der Waals surface area contributed by atoms with Crippen molar-refractivity contribution in [3.63, 3.8) is 0 Å². The molecule has 4 N–H and O–H groups in total. The molecule has 0 aliphatic carbocycles. The van der Waals surface area contributed by atoms with E-state index < -0.39 is 6.10 Å². The lowest BCUT2D eigenvalue weighted by Gasteiger charge is -2.44. The van der Waals surface area contributed by atoms with Crippen LogP contribution in [-0.2, 0) is 4.74 Å². The van der Waals surface area contributed by atoms with Gasteiger partial charge in [-0.3, -0.25) is 0 Å². The molecule has 0 aromatic carbocycles. The largest absolute Gasteiger partial charge is 0.394 e. The van der Waals surface area contributed by atoms with Gasteiger partial charge < -0.3 is 20.7 Å². The molecule has 0 radical (unpaired) electrons. The topological polar surface area (TPSA) is 75.7 Å². The van der Waals surface area contributed by atoms with Gasteiger partial charge in [0.15, 0.2) is 0 Å². The first-order valence-corrected chi connectivity index (χ1v) is 5.72. The van der Waals surface area contributed by atoms with Crippen LogP contribution < -0.4 is 5.73 Å². The molecular weight excluding hydrogens is 194 g/mol. The molecule has 15 heavy (non-hydrogen) atoms. The van der Waals surface area contributed by atoms with Gasteiger partial charge in [0.05, 0.1) is 31.0 Å². The quantitative estimate of drug-likeness (QED) is 0.627. The van der Waals surface area contributed by atoms with Crippen LogP contribution in [0.4, 0.5) is 0 Å². The van der Waals surface area contributed by atoms with E-state index in [1.807, 2.05) is 20.8 Å². The lowest BCUT2D eigenvalue weighted by atomic mass is 9.81. The van der Waals surface area contributed by atoms with Crippen LogP contribution in [0.25, 0.3) is 0 Å². The number of aliphatic hydroxyl groups excluding tert-OH is 2. The van der Waals surface area contributed by atoms with Gasteiger partial charge in [-0.15, -0.1) is 0 Å². The van der Waals surface area contributed by atoms with E-state index in [1.165, 1.54) is 0 Å². The van der Waals surface area contributed by atoms with Gasteiger partial charge >= 0.3 is 0 Å². The number of hydrogen-bond acceptors (Lipinski definition) is 4. The van der Waals surface area contributed by atoms with Crippen molar-refractivity contribution in [2.45, 2.75) is 51.5 Å². The fourth-order valence-corrected chi connectivity index (χ4v) is 2.38. The molecule has 0 aromatic heterocycles. The SMILES string of the molecule is CCC1C(CO)OC(C(C)C)C(N)C1O. The van der Waals surface area contributed by atoms with E-state index in [2.05, 4.69) is 0 Å². The highest BCUT2D eigenvalue weighted by molar-refractivity contribution is 4.94. The lowest BCUT2D eigenvalue weighted by molar-refractivity contribution is -0.173. The minimum absolute atomic E-state index is 0.0501. The van der Waals surface area contributed by atoms with Crippen LogP contribution in [0.2, 0.25) is 0 Å². The molecule has 4 nitrogen and oxygen atoms in total. The summed E-state index contributed by atoms with van der Waals surface area (Å²) in [6.45, 7) is 5.95. The van der Waals surface area contributed by atoms with Crippen LogP contribution in [0, 0.1) is 11.8 Å². The van der Waals surface area contributed by atoms with Crippen molar-refractivity contribution in [2.24, 2.45) is 17.6 Å². The monoisotopic (exact) mass is 217 g/mol. The van der Waals surface area contributed by atoms with E-state index in [0.717, 1.165) is 6.42 Å². The average molecular weight is 217 g/mol. The van der Waals surface area contributed by atoms with E-state index in [9.17, 15) is 10.2 Å². The first kappa shape index (κ1) is 12.9. The summed E-state index contributed by atoms with van der Waals surface area (Å²) in [5.41, 5.74) is 5.95. The van der Waals surface area contributed by atoms with Gasteiger partial charge in [0.2, 0.25) is 0 Å². The minimum atomic E-state index is -0.576. The summed E-state index contributed by atoms with van der Waals surface area (Å²) in [6.07, 6.45) is -0.254.